The van der Waals surface area contributed by atoms with Crippen LogP contribution in [0.3, 0.4) is 0 Å². The van der Waals surface area contributed by atoms with Crippen molar-refractivity contribution < 1.29 is 9.18 Å². The molecule has 2 aromatic heterocycles. The van der Waals surface area contributed by atoms with Gasteiger partial charge >= 0.3 is 0 Å². The average Bonchev–Trinajstić information content (AvgIpc) is 3.50. The SMILES string of the molecule is CCN(CC)CCN(Cc1ccc(-c2ccc(Cl)cc2)cc1)C(=O)Cn1cc(Cc2cnn(C)c2)c(=O)nc1SCc1ccc(F)cc1.Cl. The number of rotatable bonds is 15. The molecule has 5 rings (SSSR count). The summed E-state index contributed by atoms with van der Waals surface area (Å²) in [6, 6.07) is 22.2. The van der Waals surface area contributed by atoms with Crippen molar-refractivity contribution in [3.8, 4) is 11.1 Å². The maximum Gasteiger partial charge on any atom is 0.277 e. The van der Waals surface area contributed by atoms with E-state index < -0.39 is 0 Å². The zero-order valence-corrected chi connectivity index (χ0v) is 30.3. The van der Waals surface area contributed by atoms with E-state index in [1.165, 1.54) is 23.9 Å². The van der Waals surface area contributed by atoms with Gasteiger partial charge < -0.3 is 14.4 Å². The van der Waals surface area contributed by atoms with Crippen LogP contribution < -0.4 is 5.56 Å². The highest BCUT2D eigenvalue weighted by atomic mass is 35.5. The molecule has 0 atom stereocenters. The van der Waals surface area contributed by atoms with E-state index in [-0.39, 0.29) is 36.2 Å². The molecule has 0 radical (unpaired) electrons. The number of benzene rings is 3. The lowest BCUT2D eigenvalue weighted by Gasteiger charge is -2.27. The Bertz CT molecular complexity index is 1860. The molecule has 8 nitrogen and oxygen atoms in total. The Balaban J connectivity index is 0.00000541. The maximum atomic E-state index is 14.2. The largest absolute Gasteiger partial charge is 0.336 e. The van der Waals surface area contributed by atoms with Gasteiger partial charge in [-0.15, -0.1) is 12.4 Å². The molecule has 0 unspecified atom stereocenters. The fourth-order valence-corrected chi connectivity index (χ4v) is 6.43. The number of hydrogen-bond donors (Lipinski definition) is 0. The van der Waals surface area contributed by atoms with E-state index >= 15 is 0 Å². The number of carbonyl (C=O) groups excluding carboxylic acids is 1. The van der Waals surface area contributed by atoms with Gasteiger partial charge in [-0.3, -0.25) is 14.3 Å². The summed E-state index contributed by atoms with van der Waals surface area (Å²) in [7, 11) is 1.83. The van der Waals surface area contributed by atoms with Gasteiger partial charge in [0.15, 0.2) is 5.16 Å². The van der Waals surface area contributed by atoms with E-state index in [2.05, 4.69) is 53.1 Å². The number of likely N-dealkylation sites (N-methyl/N-ethyl adjacent to an activating group) is 1. The summed E-state index contributed by atoms with van der Waals surface area (Å²) in [6.45, 7) is 7.75. The second-order valence-corrected chi connectivity index (χ2v) is 13.0. The monoisotopic (exact) mass is 722 g/mol. The second-order valence-electron chi connectivity index (χ2n) is 11.6. The molecule has 2 heterocycles. The number of aryl methyl sites for hydroxylation is 1. The molecular weight excluding hydrogens is 682 g/mol. The Hall–Kier alpha value is -3.96. The van der Waals surface area contributed by atoms with E-state index in [0.29, 0.717) is 41.0 Å². The third kappa shape index (κ3) is 10.8. The summed E-state index contributed by atoms with van der Waals surface area (Å²) in [5, 5.41) is 5.35. The first kappa shape index (κ1) is 37.9. The molecule has 5 aromatic rings. The molecule has 258 valence electrons. The van der Waals surface area contributed by atoms with Crippen molar-refractivity contribution in [1.82, 2.24) is 29.1 Å². The van der Waals surface area contributed by atoms with Crippen LogP contribution in [0.2, 0.25) is 5.02 Å². The summed E-state index contributed by atoms with van der Waals surface area (Å²) >= 11 is 7.43. The predicted octanol–water partition coefficient (Wildman–Crippen LogP) is 7.11. The predicted molar refractivity (Wildman–Crippen MR) is 198 cm³/mol. The zero-order valence-electron chi connectivity index (χ0n) is 27.9. The number of halogens is 3. The standard InChI is InChI=1S/C37H40ClFN6O2S.ClH/c1-4-43(5-2)18-19-44(23-27-6-10-30(11-7-27)31-12-14-33(38)15-13-31)35(46)25-45-24-32(20-29-21-40-42(3)22-29)36(47)41-37(45)48-26-28-8-16-34(39)17-9-28;/h6-17,21-22,24H,4-5,18-20,23,25-26H2,1-3H3;1H. The van der Waals surface area contributed by atoms with Crippen molar-refractivity contribution in [2.75, 3.05) is 26.2 Å². The Morgan fingerprint density at radius 1 is 0.878 bits per heavy atom. The first-order valence-electron chi connectivity index (χ1n) is 16.0. The second kappa shape index (κ2) is 18.2. The summed E-state index contributed by atoms with van der Waals surface area (Å²) in [4.78, 5) is 35.9. The summed E-state index contributed by atoms with van der Waals surface area (Å²) in [6.07, 6.45) is 5.68. The Labute approximate surface area is 302 Å². The molecule has 49 heavy (non-hydrogen) atoms. The molecule has 3 aromatic carbocycles. The molecule has 0 aliphatic carbocycles. The van der Waals surface area contributed by atoms with Crippen LogP contribution in [0.4, 0.5) is 4.39 Å². The van der Waals surface area contributed by atoms with Gasteiger partial charge in [-0.05, 0) is 65.2 Å². The van der Waals surface area contributed by atoms with Crippen molar-refractivity contribution in [1.29, 1.82) is 0 Å². The lowest BCUT2D eigenvalue weighted by molar-refractivity contribution is -0.132. The highest BCUT2D eigenvalue weighted by molar-refractivity contribution is 7.98. The molecule has 0 fully saturated rings. The lowest BCUT2D eigenvalue weighted by Crippen LogP contribution is -2.40. The van der Waals surface area contributed by atoms with Crippen molar-refractivity contribution >= 4 is 41.7 Å². The quantitative estimate of drug-likeness (QED) is 0.0847. The Morgan fingerprint density at radius 2 is 1.51 bits per heavy atom. The van der Waals surface area contributed by atoms with Crippen LogP contribution in [-0.2, 0) is 37.1 Å². The van der Waals surface area contributed by atoms with E-state index in [0.717, 1.165) is 47.5 Å². The summed E-state index contributed by atoms with van der Waals surface area (Å²) in [5.74, 6) is 0.0769. The van der Waals surface area contributed by atoms with Crippen LogP contribution in [0.1, 0.15) is 36.1 Å². The fraction of sp³-hybridized carbons (Fsp3) is 0.297. The third-order valence-corrected chi connectivity index (χ3v) is 9.52. The number of nitrogens with zero attached hydrogens (tertiary/aromatic N) is 6. The van der Waals surface area contributed by atoms with Crippen LogP contribution >= 0.6 is 35.8 Å². The number of carbonyl (C=O) groups is 1. The van der Waals surface area contributed by atoms with Gasteiger partial charge in [0.2, 0.25) is 5.91 Å². The van der Waals surface area contributed by atoms with Crippen LogP contribution in [-0.4, -0.2) is 61.2 Å². The van der Waals surface area contributed by atoms with Crippen molar-refractivity contribution in [2.24, 2.45) is 7.05 Å². The molecule has 0 aliphatic heterocycles. The Kier molecular flexibility index (Phi) is 14.0. The van der Waals surface area contributed by atoms with Gasteiger partial charge in [0, 0.05) is 61.8 Å². The van der Waals surface area contributed by atoms with E-state index in [4.69, 9.17) is 11.6 Å². The van der Waals surface area contributed by atoms with Crippen LogP contribution in [0.15, 0.2) is 101 Å². The van der Waals surface area contributed by atoms with Crippen LogP contribution in [0.25, 0.3) is 11.1 Å². The van der Waals surface area contributed by atoms with Crippen molar-refractivity contribution in [3.63, 3.8) is 0 Å². The molecule has 0 bridgehead atoms. The highest BCUT2D eigenvalue weighted by Crippen LogP contribution is 2.24. The Morgan fingerprint density at radius 3 is 2.12 bits per heavy atom. The van der Waals surface area contributed by atoms with E-state index in [1.54, 1.807) is 33.8 Å². The van der Waals surface area contributed by atoms with Crippen molar-refractivity contribution in [3.05, 3.63) is 135 Å². The van der Waals surface area contributed by atoms with Gasteiger partial charge in [-0.1, -0.05) is 85.7 Å². The molecule has 0 spiro atoms. The number of aromatic nitrogens is 4. The smallest absolute Gasteiger partial charge is 0.277 e. The maximum absolute atomic E-state index is 14.2. The number of hydrogen-bond acceptors (Lipinski definition) is 6. The van der Waals surface area contributed by atoms with Crippen molar-refractivity contribution in [2.45, 2.75) is 44.3 Å². The number of amides is 1. The van der Waals surface area contributed by atoms with Crippen LogP contribution in [0, 0.1) is 5.82 Å². The zero-order chi connectivity index (χ0) is 34.0. The molecule has 1 amide bonds. The molecule has 0 N–H and O–H groups in total. The molecule has 0 saturated heterocycles. The first-order valence-corrected chi connectivity index (χ1v) is 17.4. The highest BCUT2D eigenvalue weighted by Gasteiger charge is 2.19. The summed E-state index contributed by atoms with van der Waals surface area (Å²) in [5.41, 5.74) is 5.05. The van der Waals surface area contributed by atoms with Gasteiger partial charge in [0.1, 0.15) is 12.4 Å². The molecule has 0 aliphatic rings. The van der Waals surface area contributed by atoms with Gasteiger partial charge in [0.05, 0.1) is 6.20 Å². The first-order chi connectivity index (χ1) is 23.2. The van der Waals surface area contributed by atoms with Gasteiger partial charge in [0.25, 0.3) is 5.56 Å². The normalized spacial score (nSPS) is 11.1. The fourth-order valence-electron chi connectivity index (χ4n) is 5.39. The van der Waals surface area contributed by atoms with E-state index in [9.17, 15) is 14.0 Å². The molecule has 0 saturated carbocycles. The minimum absolute atomic E-state index is 0. The summed E-state index contributed by atoms with van der Waals surface area (Å²) < 4.78 is 17.0. The third-order valence-electron chi connectivity index (χ3n) is 8.21. The lowest BCUT2D eigenvalue weighted by atomic mass is 10.0. The molecular formula is C37H41Cl2FN6O2S. The van der Waals surface area contributed by atoms with E-state index in [1.807, 2.05) is 42.4 Å². The van der Waals surface area contributed by atoms with Crippen LogP contribution in [0.5, 0.6) is 0 Å². The number of thioether (sulfide) groups is 1. The molecule has 12 heteroatoms. The van der Waals surface area contributed by atoms with Gasteiger partial charge in [-0.2, -0.15) is 10.1 Å². The minimum Gasteiger partial charge on any atom is -0.336 e. The topological polar surface area (TPSA) is 76.3 Å². The minimum atomic E-state index is -0.344. The van der Waals surface area contributed by atoms with Gasteiger partial charge in [-0.25, -0.2) is 4.39 Å². The average molecular weight is 724 g/mol.